The molecule has 22 heteroatoms. The highest BCUT2D eigenvalue weighted by atomic mass is 16.8. The van der Waals surface area contributed by atoms with E-state index >= 15 is 4.79 Å². The summed E-state index contributed by atoms with van der Waals surface area (Å²) >= 11 is 0. The molecule has 2 saturated heterocycles. The summed E-state index contributed by atoms with van der Waals surface area (Å²) in [5, 5.41) is -0.172. The molecule has 2 aliphatic heterocycles. The van der Waals surface area contributed by atoms with E-state index in [0.717, 1.165) is 25.0 Å². The van der Waals surface area contributed by atoms with Crippen LogP contribution in [0.3, 0.4) is 0 Å². The lowest BCUT2D eigenvalue weighted by Gasteiger charge is -2.48. The monoisotopic (exact) mass is 1320 g/mol. The van der Waals surface area contributed by atoms with E-state index in [1.54, 1.807) is 84.9 Å². The van der Waals surface area contributed by atoms with E-state index in [9.17, 15) is 28.8 Å². The Morgan fingerprint density at radius 3 is 1.41 bits per heavy atom. The number of carbonyl (C=O) groups is 6. The molecular formula is C75H66O22. The summed E-state index contributed by atoms with van der Waals surface area (Å²) < 4.78 is 95.4. The van der Waals surface area contributed by atoms with Gasteiger partial charge in [-0.05, 0) is 84.8 Å². The van der Waals surface area contributed by atoms with Crippen LogP contribution in [0.15, 0.2) is 222 Å². The standard InChI is InChI=1S/C75H66O22/c1-44-62(92-70(79)49-28-16-8-17-29-49)66(93-71(80)50-30-18-9-19-31-50)68(95-73(82)52-34-22-11-23-35-52)74(88-44)97-69-67(94-72(81)51-32-20-10-21-33-51)64(89-46(3)77)59(43-85-45(2)76)91-75(69)96-65-61(78)60-57(84-5)39-54(86-41-47-24-12-6-13-25-47)40-58(60)90-63(65)53-36-37-55(56(38-53)83-4)87-42-48-26-14-7-15-27-48/h6-40,44,59,62,64,66-69,74-75H,41-43H2,1-5H3/t44-,59+,62-,64+,66+,67-,68+,69+,74-,75-/m0/s1. The van der Waals surface area contributed by atoms with Gasteiger partial charge in [0.25, 0.3) is 0 Å². The van der Waals surface area contributed by atoms with E-state index in [1.807, 2.05) is 60.7 Å². The Labute approximate surface area is 556 Å². The molecule has 1 aromatic heterocycles. The summed E-state index contributed by atoms with van der Waals surface area (Å²) in [7, 11) is 2.75. The fraction of sp³-hybridized carbons (Fsp3) is 0.240. The van der Waals surface area contributed by atoms with Gasteiger partial charge in [-0.3, -0.25) is 14.4 Å². The maximum atomic E-state index is 16.0. The van der Waals surface area contributed by atoms with Crippen LogP contribution in [0.2, 0.25) is 0 Å². The average molecular weight is 1320 g/mol. The molecule has 22 nitrogen and oxygen atoms in total. The highest BCUT2D eigenvalue weighted by Crippen LogP contribution is 2.43. The molecule has 9 aromatic rings. The Morgan fingerprint density at radius 2 is 0.918 bits per heavy atom. The number of rotatable bonds is 24. The molecule has 10 atom stereocenters. The third-order valence-corrected chi connectivity index (χ3v) is 15.6. The van der Waals surface area contributed by atoms with Gasteiger partial charge in [0, 0.05) is 31.5 Å². The Balaban J connectivity index is 1.10. The lowest BCUT2D eigenvalue weighted by atomic mass is 9.96. The molecule has 0 bridgehead atoms. The number of hydrogen-bond acceptors (Lipinski definition) is 22. The molecule has 0 unspecified atom stereocenters. The maximum Gasteiger partial charge on any atom is 0.338 e. The van der Waals surface area contributed by atoms with Crippen LogP contribution in [0.25, 0.3) is 22.3 Å². The summed E-state index contributed by atoms with van der Waals surface area (Å²) in [6.07, 6.45) is -18.3. The molecule has 2 fully saturated rings. The number of methoxy groups -OCH3 is 2. The van der Waals surface area contributed by atoms with Gasteiger partial charge in [-0.25, -0.2) is 19.2 Å². The van der Waals surface area contributed by atoms with E-state index in [2.05, 4.69) is 0 Å². The molecule has 8 aromatic carbocycles. The largest absolute Gasteiger partial charge is 0.496 e. The van der Waals surface area contributed by atoms with E-state index < -0.39 is 115 Å². The third-order valence-electron chi connectivity index (χ3n) is 15.6. The van der Waals surface area contributed by atoms with Crippen molar-refractivity contribution in [3.05, 3.63) is 256 Å². The molecule has 0 amide bonds. The van der Waals surface area contributed by atoms with Crippen molar-refractivity contribution >= 4 is 46.8 Å². The molecule has 0 spiro atoms. The summed E-state index contributed by atoms with van der Waals surface area (Å²) in [4.78, 5) is 100. The summed E-state index contributed by atoms with van der Waals surface area (Å²) in [5.41, 5.74) is 1.01. The smallest absolute Gasteiger partial charge is 0.338 e. The summed E-state index contributed by atoms with van der Waals surface area (Å²) in [6, 6.07) is 57.5. The minimum atomic E-state index is -2.13. The van der Waals surface area contributed by atoms with Crippen molar-refractivity contribution in [1.82, 2.24) is 0 Å². The minimum Gasteiger partial charge on any atom is -0.496 e. The number of esters is 6. The van der Waals surface area contributed by atoms with Crippen molar-refractivity contribution in [3.8, 4) is 40.1 Å². The van der Waals surface area contributed by atoms with Crippen LogP contribution in [-0.4, -0.2) is 118 Å². The molecule has 0 N–H and O–H groups in total. The first-order valence-electron chi connectivity index (χ1n) is 30.8. The zero-order valence-corrected chi connectivity index (χ0v) is 53.1. The van der Waals surface area contributed by atoms with Crippen molar-refractivity contribution in [1.29, 1.82) is 0 Å². The van der Waals surface area contributed by atoms with Crippen LogP contribution < -0.4 is 29.1 Å². The average Bonchev–Trinajstić information content (AvgIpc) is 0.752. The predicted octanol–water partition coefficient (Wildman–Crippen LogP) is 11.3. The van der Waals surface area contributed by atoms with Gasteiger partial charge in [0.15, 0.2) is 60.2 Å². The van der Waals surface area contributed by atoms with Gasteiger partial charge >= 0.3 is 35.8 Å². The van der Waals surface area contributed by atoms with Crippen LogP contribution in [0, 0.1) is 0 Å². The number of benzene rings is 8. The summed E-state index contributed by atoms with van der Waals surface area (Å²) in [5.74, 6) is -5.86. The van der Waals surface area contributed by atoms with Crippen molar-refractivity contribution < 1.29 is 99.5 Å². The van der Waals surface area contributed by atoms with E-state index in [0.29, 0.717) is 5.75 Å². The first-order valence-corrected chi connectivity index (χ1v) is 30.8. The maximum absolute atomic E-state index is 16.0. The van der Waals surface area contributed by atoms with Crippen LogP contribution in [0.4, 0.5) is 0 Å². The molecule has 498 valence electrons. The van der Waals surface area contributed by atoms with Gasteiger partial charge in [0.05, 0.1) is 42.6 Å². The van der Waals surface area contributed by atoms with E-state index in [4.69, 9.17) is 70.7 Å². The van der Waals surface area contributed by atoms with E-state index in [1.165, 1.54) is 87.9 Å². The van der Waals surface area contributed by atoms with Gasteiger partial charge in [0.1, 0.15) is 48.4 Å². The van der Waals surface area contributed by atoms with Gasteiger partial charge in [-0.15, -0.1) is 0 Å². The molecular weight excluding hydrogens is 1250 g/mol. The number of hydrogen-bond donors (Lipinski definition) is 0. The van der Waals surface area contributed by atoms with E-state index in [-0.39, 0.29) is 75.0 Å². The Bertz CT molecular complexity index is 4270. The normalized spacial score (nSPS) is 20.4. The fourth-order valence-corrected chi connectivity index (χ4v) is 10.9. The van der Waals surface area contributed by atoms with Crippen molar-refractivity contribution in [2.45, 2.75) is 95.4 Å². The van der Waals surface area contributed by atoms with Crippen molar-refractivity contribution in [2.24, 2.45) is 0 Å². The first-order chi connectivity index (χ1) is 47.1. The molecule has 0 radical (unpaired) electrons. The number of carbonyl (C=O) groups excluding carboxylic acids is 6. The van der Waals surface area contributed by atoms with Gasteiger partial charge in [-0.1, -0.05) is 133 Å². The van der Waals surface area contributed by atoms with Crippen molar-refractivity contribution in [3.63, 3.8) is 0 Å². The molecule has 11 rings (SSSR count). The lowest BCUT2D eigenvalue weighted by molar-refractivity contribution is -0.352. The van der Waals surface area contributed by atoms with Crippen molar-refractivity contribution in [2.75, 3.05) is 20.8 Å². The van der Waals surface area contributed by atoms with Gasteiger partial charge in [0.2, 0.25) is 17.5 Å². The minimum absolute atomic E-state index is 0.000708. The zero-order chi connectivity index (χ0) is 68.0. The highest BCUT2D eigenvalue weighted by molar-refractivity contribution is 5.92. The van der Waals surface area contributed by atoms with Crippen LogP contribution in [0.5, 0.6) is 28.7 Å². The quantitative estimate of drug-likeness (QED) is 0.0402. The van der Waals surface area contributed by atoms with Gasteiger partial charge < -0.3 is 70.7 Å². The lowest BCUT2D eigenvalue weighted by Crippen LogP contribution is -2.67. The molecule has 0 saturated carbocycles. The first kappa shape index (κ1) is 67.1. The Kier molecular flexibility index (Phi) is 21.6. The molecule has 0 aliphatic carbocycles. The van der Waals surface area contributed by atoms with Crippen LogP contribution in [-0.2, 0) is 65.4 Å². The molecule has 3 heterocycles. The second kappa shape index (κ2) is 31.3. The molecule has 2 aliphatic rings. The van der Waals surface area contributed by atoms with Gasteiger partial charge in [-0.2, -0.15) is 0 Å². The Hall–Kier alpha value is -11.3. The van der Waals surface area contributed by atoms with Crippen LogP contribution in [0.1, 0.15) is 73.3 Å². The zero-order valence-electron chi connectivity index (χ0n) is 53.1. The van der Waals surface area contributed by atoms with Crippen LogP contribution >= 0.6 is 0 Å². The predicted molar refractivity (Wildman–Crippen MR) is 346 cm³/mol. The highest BCUT2D eigenvalue weighted by Gasteiger charge is 2.58. The second-order valence-corrected chi connectivity index (χ2v) is 22.3. The molecule has 97 heavy (non-hydrogen) atoms. The number of fused-ring (bicyclic) bond motifs is 1. The third kappa shape index (κ3) is 16.3. The second-order valence-electron chi connectivity index (χ2n) is 22.3. The summed E-state index contributed by atoms with van der Waals surface area (Å²) in [6.45, 7) is 3.20. The Morgan fingerprint density at radius 1 is 0.443 bits per heavy atom. The topological polar surface area (TPSA) is 262 Å². The fourth-order valence-electron chi connectivity index (χ4n) is 10.9. The SMILES string of the molecule is COc1cc(-c2oc3cc(OCc4ccccc4)cc(OC)c3c(=O)c2O[C@@H]2O[C@H](COC(C)=O)[C@@H](OC(C)=O)[C@H](OC(=O)c3ccccc3)[C@H]2O[C@@H]2O[C@@H](C)[C@H](OC(=O)c3ccccc3)[C@@H](OC(=O)c3ccccc3)[C@H]2OC(=O)c2ccccc2)ccc1OCc1ccccc1. The number of ether oxygens (including phenoxy) is 14.